The van der Waals surface area contributed by atoms with E-state index < -0.39 is 23.2 Å². The topological polar surface area (TPSA) is 49.4 Å². The number of carbonyl (C=O) groups is 2. The van der Waals surface area contributed by atoms with E-state index in [0.29, 0.717) is 11.6 Å². The molecule has 0 bridgehead atoms. The second-order valence-electron chi connectivity index (χ2n) is 6.31. The van der Waals surface area contributed by atoms with Gasteiger partial charge in [0.1, 0.15) is 17.3 Å². The molecule has 2 aromatic carbocycles. The Hall–Kier alpha value is -2.76. The summed E-state index contributed by atoms with van der Waals surface area (Å²) in [7, 11) is 0. The minimum atomic E-state index is -0.842. The lowest BCUT2D eigenvalue weighted by Crippen LogP contribution is -2.32. The van der Waals surface area contributed by atoms with Crippen molar-refractivity contribution < 1.29 is 18.4 Å². The number of nitrogens with one attached hydrogen (secondary N) is 1. The minimum Gasteiger partial charge on any atom is -0.321 e. The van der Waals surface area contributed by atoms with Gasteiger partial charge in [0.2, 0.25) is 11.8 Å². The van der Waals surface area contributed by atoms with E-state index in [1.54, 1.807) is 0 Å². The number of para-hydroxylation sites is 1. The van der Waals surface area contributed by atoms with E-state index in [4.69, 9.17) is 0 Å². The molecule has 2 amide bonds. The molecule has 2 aromatic rings. The lowest BCUT2D eigenvalue weighted by molar-refractivity contribution is -0.117. The van der Waals surface area contributed by atoms with Crippen LogP contribution in [-0.4, -0.2) is 18.4 Å². The molecule has 0 saturated carbocycles. The zero-order valence-electron chi connectivity index (χ0n) is 15.1. The summed E-state index contributed by atoms with van der Waals surface area (Å²) in [6.45, 7) is 5.66. The van der Waals surface area contributed by atoms with Gasteiger partial charge in [-0.25, -0.2) is 8.78 Å². The molecule has 1 N–H and O–H groups in total. The number of halogens is 2. The maximum Gasteiger partial charge on any atom is 0.226 e. The zero-order chi connectivity index (χ0) is 19.3. The summed E-state index contributed by atoms with van der Waals surface area (Å²) in [5, 5.41) is 2.22. The van der Waals surface area contributed by atoms with Crippen molar-refractivity contribution in [1.29, 1.82) is 0 Å². The number of carbonyl (C=O) groups excluding carboxylic acids is 2. The summed E-state index contributed by atoms with van der Waals surface area (Å²) in [6, 6.07) is 10.9. The molecule has 4 nitrogen and oxygen atoms in total. The van der Waals surface area contributed by atoms with Crippen LogP contribution in [0.5, 0.6) is 0 Å². The van der Waals surface area contributed by atoms with Gasteiger partial charge in [-0.2, -0.15) is 0 Å². The summed E-state index contributed by atoms with van der Waals surface area (Å²) < 4.78 is 27.2. The zero-order valence-corrected chi connectivity index (χ0v) is 15.1. The van der Waals surface area contributed by atoms with E-state index in [0.717, 1.165) is 17.7 Å². The first-order valence-electron chi connectivity index (χ1n) is 8.41. The smallest absolute Gasteiger partial charge is 0.226 e. The number of nitrogens with zero attached hydrogens (tertiary/aromatic N) is 1. The van der Waals surface area contributed by atoms with Gasteiger partial charge in [0.15, 0.2) is 0 Å². The molecular weight excluding hydrogens is 338 g/mol. The Balaban J connectivity index is 2.04. The highest BCUT2D eigenvalue weighted by atomic mass is 19.1. The number of rotatable bonds is 6. The van der Waals surface area contributed by atoms with E-state index in [-0.39, 0.29) is 18.9 Å². The van der Waals surface area contributed by atoms with Crippen molar-refractivity contribution in [1.82, 2.24) is 0 Å². The Morgan fingerprint density at radius 3 is 2.12 bits per heavy atom. The van der Waals surface area contributed by atoms with Gasteiger partial charge in [-0.05, 0) is 35.7 Å². The standard InChI is InChI=1S/C20H22F2N2O2/c1-13(2)15-7-9-16(10-8-15)24(14(3)25)12-11-19(26)23-20-17(21)5-4-6-18(20)22/h4-10,13H,11-12H2,1-3H3,(H,23,26). The quantitative estimate of drug-likeness (QED) is 0.826. The molecule has 0 atom stereocenters. The Morgan fingerprint density at radius 1 is 1.04 bits per heavy atom. The second-order valence-corrected chi connectivity index (χ2v) is 6.31. The Bertz CT molecular complexity index is 769. The fourth-order valence-corrected chi connectivity index (χ4v) is 2.54. The molecule has 6 heteroatoms. The van der Waals surface area contributed by atoms with E-state index in [1.807, 2.05) is 24.3 Å². The van der Waals surface area contributed by atoms with Gasteiger partial charge >= 0.3 is 0 Å². The van der Waals surface area contributed by atoms with Crippen LogP contribution in [0.1, 0.15) is 38.7 Å². The van der Waals surface area contributed by atoms with E-state index in [9.17, 15) is 18.4 Å². The molecule has 0 unspecified atom stereocenters. The van der Waals surface area contributed by atoms with Crippen LogP contribution in [0.25, 0.3) is 0 Å². The summed E-state index contributed by atoms with van der Waals surface area (Å²) in [4.78, 5) is 25.4. The van der Waals surface area contributed by atoms with Crippen LogP contribution in [0, 0.1) is 11.6 Å². The van der Waals surface area contributed by atoms with Crippen molar-refractivity contribution in [3.63, 3.8) is 0 Å². The lowest BCUT2D eigenvalue weighted by Gasteiger charge is -2.21. The SMILES string of the molecule is CC(=O)N(CCC(=O)Nc1c(F)cccc1F)c1ccc(C(C)C)cc1. The average molecular weight is 360 g/mol. The highest BCUT2D eigenvalue weighted by Crippen LogP contribution is 2.21. The van der Waals surface area contributed by atoms with Crippen LogP contribution in [0.15, 0.2) is 42.5 Å². The first-order chi connectivity index (χ1) is 12.3. The Morgan fingerprint density at radius 2 is 1.62 bits per heavy atom. The highest BCUT2D eigenvalue weighted by molar-refractivity contribution is 5.94. The maximum absolute atomic E-state index is 13.6. The van der Waals surface area contributed by atoms with Crippen molar-refractivity contribution in [2.24, 2.45) is 0 Å². The first-order valence-corrected chi connectivity index (χ1v) is 8.41. The molecule has 0 saturated heterocycles. The minimum absolute atomic E-state index is 0.0840. The molecule has 0 aliphatic carbocycles. The van der Waals surface area contributed by atoms with Gasteiger partial charge in [-0.3, -0.25) is 9.59 Å². The van der Waals surface area contributed by atoms with Gasteiger partial charge < -0.3 is 10.2 Å². The van der Waals surface area contributed by atoms with Crippen molar-refractivity contribution in [3.8, 4) is 0 Å². The van der Waals surface area contributed by atoms with Gasteiger partial charge in [0, 0.05) is 25.6 Å². The van der Waals surface area contributed by atoms with Crippen LogP contribution in [0.4, 0.5) is 20.2 Å². The molecule has 0 aromatic heterocycles. The van der Waals surface area contributed by atoms with Crippen LogP contribution in [0.3, 0.4) is 0 Å². The highest BCUT2D eigenvalue weighted by Gasteiger charge is 2.16. The molecule has 26 heavy (non-hydrogen) atoms. The monoisotopic (exact) mass is 360 g/mol. The molecule has 0 spiro atoms. The molecule has 0 aliphatic heterocycles. The summed E-state index contributed by atoms with van der Waals surface area (Å²) in [5.74, 6) is -2.10. The Kier molecular flexibility index (Phi) is 6.44. The summed E-state index contributed by atoms with van der Waals surface area (Å²) in [6.07, 6.45) is -0.0840. The number of amides is 2. The van der Waals surface area contributed by atoms with Crippen LogP contribution < -0.4 is 10.2 Å². The second kappa shape index (κ2) is 8.56. The van der Waals surface area contributed by atoms with E-state index >= 15 is 0 Å². The van der Waals surface area contributed by atoms with Crippen molar-refractivity contribution in [2.75, 3.05) is 16.8 Å². The van der Waals surface area contributed by atoms with Crippen molar-refractivity contribution in [3.05, 3.63) is 59.7 Å². The largest absolute Gasteiger partial charge is 0.321 e. The number of hydrogen-bond donors (Lipinski definition) is 1. The van der Waals surface area contributed by atoms with Gasteiger partial charge in [0.05, 0.1) is 0 Å². The third-order valence-electron chi connectivity index (χ3n) is 4.04. The summed E-state index contributed by atoms with van der Waals surface area (Å²) >= 11 is 0. The van der Waals surface area contributed by atoms with Crippen LogP contribution >= 0.6 is 0 Å². The third kappa shape index (κ3) is 4.88. The predicted octanol–water partition coefficient (Wildman–Crippen LogP) is 4.47. The van der Waals surface area contributed by atoms with Gasteiger partial charge in [0.25, 0.3) is 0 Å². The van der Waals surface area contributed by atoms with E-state index in [1.165, 1.54) is 17.9 Å². The third-order valence-corrected chi connectivity index (χ3v) is 4.04. The first kappa shape index (κ1) is 19.6. The molecule has 0 fully saturated rings. The maximum atomic E-state index is 13.6. The van der Waals surface area contributed by atoms with Crippen molar-refractivity contribution >= 4 is 23.2 Å². The molecule has 0 heterocycles. The lowest BCUT2D eigenvalue weighted by atomic mass is 10.0. The normalized spacial score (nSPS) is 10.7. The molecular formula is C20H22F2N2O2. The average Bonchev–Trinajstić information content (AvgIpc) is 2.58. The summed E-state index contributed by atoms with van der Waals surface area (Å²) in [5.41, 5.74) is 1.34. The predicted molar refractivity (Wildman–Crippen MR) is 98.2 cm³/mol. The van der Waals surface area contributed by atoms with Crippen molar-refractivity contribution in [2.45, 2.75) is 33.1 Å². The van der Waals surface area contributed by atoms with Crippen LogP contribution in [-0.2, 0) is 9.59 Å². The molecule has 0 aliphatic rings. The number of anilines is 2. The van der Waals surface area contributed by atoms with Gasteiger partial charge in [-0.15, -0.1) is 0 Å². The van der Waals surface area contributed by atoms with Gasteiger partial charge in [-0.1, -0.05) is 32.0 Å². The molecule has 0 radical (unpaired) electrons. The molecule has 2 rings (SSSR count). The van der Waals surface area contributed by atoms with E-state index in [2.05, 4.69) is 19.2 Å². The Labute approximate surface area is 151 Å². The molecule has 138 valence electrons. The fraction of sp³-hybridized carbons (Fsp3) is 0.300. The fourth-order valence-electron chi connectivity index (χ4n) is 2.54. The number of hydrogen-bond acceptors (Lipinski definition) is 2. The number of benzene rings is 2. The van der Waals surface area contributed by atoms with Crippen LogP contribution in [0.2, 0.25) is 0 Å².